The number of primary sulfonamides is 1. The molecule has 0 saturated heterocycles. The van der Waals surface area contributed by atoms with E-state index in [0.717, 1.165) is 23.3 Å². The van der Waals surface area contributed by atoms with E-state index in [2.05, 4.69) is 0 Å². The zero-order valence-electron chi connectivity index (χ0n) is 8.59. The number of allylic oxidation sites excluding steroid dienone is 1. The van der Waals surface area contributed by atoms with Gasteiger partial charge in [0.25, 0.3) is 0 Å². The summed E-state index contributed by atoms with van der Waals surface area (Å²) in [4.78, 5) is 0.927. The zero-order valence-corrected chi connectivity index (χ0v) is 10.2. The second-order valence-corrected chi connectivity index (χ2v) is 6.69. The maximum absolute atomic E-state index is 11.1. The first-order chi connectivity index (χ1) is 7.47. The molecule has 6 heteroatoms. The molecule has 0 saturated carbocycles. The van der Waals surface area contributed by atoms with Crippen LogP contribution in [0, 0.1) is 0 Å². The number of thiophene rings is 1. The molecule has 1 atom stereocenters. The summed E-state index contributed by atoms with van der Waals surface area (Å²) in [5, 5.41) is 14.4. The molecule has 0 amide bonds. The summed E-state index contributed by atoms with van der Waals surface area (Å²) in [6.45, 7) is 0. The molecule has 88 valence electrons. The van der Waals surface area contributed by atoms with Crippen LogP contribution in [0.25, 0.3) is 5.57 Å². The van der Waals surface area contributed by atoms with Gasteiger partial charge >= 0.3 is 0 Å². The third-order valence-electron chi connectivity index (χ3n) is 2.56. The highest BCUT2D eigenvalue weighted by Gasteiger charge is 2.16. The fraction of sp³-hybridized carbons (Fsp3) is 0.400. The first kappa shape index (κ1) is 11.8. The van der Waals surface area contributed by atoms with E-state index in [1.54, 1.807) is 6.07 Å². The molecule has 4 nitrogen and oxygen atoms in total. The number of aliphatic hydroxyl groups is 1. The van der Waals surface area contributed by atoms with E-state index in [9.17, 15) is 13.5 Å². The summed E-state index contributed by atoms with van der Waals surface area (Å²) in [6.07, 6.45) is 3.85. The predicted octanol–water partition coefficient (Wildman–Crippen LogP) is 1.32. The highest BCUT2D eigenvalue weighted by atomic mass is 32.2. The van der Waals surface area contributed by atoms with Gasteiger partial charge in [-0.25, -0.2) is 13.6 Å². The maximum Gasteiger partial charge on any atom is 0.247 e. The van der Waals surface area contributed by atoms with Gasteiger partial charge in [0.15, 0.2) is 0 Å². The summed E-state index contributed by atoms with van der Waals surface area (Å²) in [7, 11) is -3.59. The highest BCUT2D eigenvalue weighted by molar-refractivity contribution is 7.91. The van der Waals surface area contributed by atoms with Crippen LogP contribution in [0.5, 0.6) is 0 Å². The van der Waals surface area contributed by atoms with Crippen molar-refractivity contribution in [2.45, 2.75) is 29.6 Å². The standard InChI is InChI=1S/C10H13NO3S2/c11-16(13,14)10-6-5-9(15-10)7-1-3-8(12)4-2-7/h1,5-6,8,12H,2-4H2,(H2,11,13,14). The average Bonchev–Trinajstić information content (AvgIpc) is 2.67. The summed E-state index contributed by atoms with van der Waals surface area (Å²) in [5.41, 5.74) is 1.10. The van der Waals surface area contributed by atoms with Crippen molar-refractivity contribution in [2.24, 2.45) is 5.14 Å². The van der Waals surface area contributed by atoms with Crippen LogP contribution in [0.3, 0.4) is 0 Å². The Balaban J connectivity index is 2.26. The molecule has 0 aliphatic heterocycles. The molecule has 1 aliphatic rings. The van der Waals surface area contributed by atoms with Crippen molar-refractivity contribution in [1.82, 2.24) is 0 Å². The van der Waals surface area contributed by atoms with Gasteiger partial charge in [-0.2, -0.15) is 0 Å². The van der Waals surface area contributed by atoms with Gasteiger partial charge in [-0.15, -0.1) is 11.3 Å². The van der Waals surface area contributed by atoms with Gasteiger partial charge in [0, 0.05) is 4.88 Å². The first-order valence-electron chi connectivity index (χ1n) is 4.97. The Morgan fingerprint density at radius 2 is 2.19 bits per heavy atom. The molecule has 0 fully saturated rings. The molecule has 2 rings (SSSR count). The Labute approximate surface area is 98.5 Å². The first-order valence-corrected chi connectivity index (χ1v) is 7.33. The lowest BCUT2D eigenvalue weighted by atomic mass is 9.96. The quantitative estimate of drug-likeness (QED) is 0.840. The van der Waals surface area contributed by atoms with Crippen LogP contribution in [0.2, 0.25) is 0 Å². The lowest BCUT2D eigenvalue weighted by Gasteiger charge is -2.16. The molecule has 1 unspecified atom stereocenters. The second-order valence-electron chi connectivity index (χ2n) is 3.82. The molecule has 0 bridgehead atoms. The SMILES string of the molecule is NS(=O)(=O)c1ccc(C2=CCC(O)CC2)s1. The van der Waals surface area contributed by atoms with E-state index in [1.807, 2.05) is 6.08 Å². The molecule has 0 aromatic carbocycles. The summed E-state index contributed by atoms with van der Waals surface area (Å²) >= 11 is 1.18. The Bertz CT molecular complexity index is 516. The van der Waals surface area contributed by atoms with E-state index in [-0.39, 0.29) is 10.3 Å². The molecule has 1 heterocycles. The molecule has 1 aliphatic carbocycles. The summed E-state index contributed by atoms with van der Waals surface area (Å²) in [5.74, 6) is 0. The largest absolute Gasteiger partial charge is 0.393 e. The second kappa shape index (κ2) is 4.29. The molecule has 3 N–H and O–H groups in total. The number of hydrogen-bond donors (Lipinski definition) is 2. The molecular formula is C10H13NO3S2. The van der Waals surface area contributed by atoms with Crippen LogP contribution >= 0.6 is 11.3 Å². The molecule has 0 spiro atoms. The van der Waals surface area contributed by atoms with Crippen LogP contribution in [0.15, 0.2) is 22.4 Å². The lowest BCUT2D eigenvalue weighted by molar-refractivity contribution is 0.166. The van der Waals surface area contributed by atoms with Gasteiger partial charge in [-0.3, -0.25) is 0 Å². The van der Waals surface area contributed by atoms with Crippen molar-refractivity contribution in [1.29, 1.82) is 0 Å². The van der Waals surface area contributed by atoms with Crippen LogP contribution < -0.4 is 5.14 Å². The Kier molecular flexibility index (Phi) is 3.16. The minimum Gasteiger partial charge on any atom is -0.393 e. The van der Waals surface area contributed by atoms with Crippen molar-refractivity contribution in [2.75, 3.05) is 0 Å². The number of rotatable bonds is 2. The van der Waals surface area contributed by atoms with Gasteiger partial charge in [0.05, 0.1) is 6.10 Å². The maximum atomic E-state index is 11.1. The van der Waals surface area contributed by atoms with Crippen molar-refractivity contribution in [3.63, 3.8) is 0 Å². The molecule has 0 radical (unpaired) electrons. The van der Waals surface area contributed by atoms with E-state index in [0.29, 0.717) is 6.42 Å². The van der Waals surface area contributed by atoms with Crippen molar-refractivity contribution >= 4 is 26.9 Å². The van der Waals surface area contributed by atoms with Crippen molar-refractivity contribution < 1.29 is 13.5 Å². The smallest absolute Gasteiger partial charge is 0.247 e. The Morgan fingerprint density at radius 1 is 1.44 bits per heavy atom. The lowest BCUT2D eigenvalue weighted by Crippen LogP contribution is -2.10. The van der Waals surface area contributed by atoms with E-state index >= 15 is 0 Å². The van der Waals surface area contributed by atoms with Gasteiger partial charge in [0.1, 0.15) is 4.21 Å². The minimum absolute atomic E-state index is 0.189. The van der Waals surface area contributed by atoms with Gasteiger partial charge in [0.2, 0.25) is 10.0 Å². The minimum atomic E-state index is -3.59. The topological polar surface area (TPSA) is 80.4 Å². The number of sulfonamides is 1. The predicted molar refractivity (Wildman–Crippen MR) is 63.5 cm³/mol. The molecule has 16 heavy (non-hydrogen) atoms. The van der Waals surface area contributed by atoms with Crippen LogP contribution in [0.4, 0.5) is 0 Å². The van der Waals surface area contributed by atoms with Crippen LogP contribution in [-0.4, -0.2) is 19.6 Å². The highest BCUT2D eigenvalue weighted by Crippen LogP contribution is 2.32. The Hall–Kier alpha value is -0.690. The average molecular weight is 259 g/mol. The van der Waals surface area contributed by atoms with Crippen molar-refractivity contribution in [3.8, 4) is 0 Å². The molecule has 1 aromatic heterocycles. The van der Waals surface area contributed by atoms with E-state index in [1.165, 1.54) is 17.4 Å². The van der Waals surface area contributed by atoms with Crippen LogP contribution in [0.1, 0.15) is 24.1 Å². The third kappa shape index (κ3) is 2.52. The van der Waals surface area contributed by atoms with Gasteiger partial charge in [-0.1, -0.05) is 6.08 Å². The monoisotopic (exact) mass is 259 g/mol. The summed E-state index contributed by atoms with van der Waals surface area (Å²) in [6, 6.07) is 3.30. The van der Waals surface area contributed by atoms with Crippen molar-refractivity contribution in [3.05, 3.63) is 23.1 Å². The van der Waals surface area contributed by atoms with Crippen LogP contribution in [-0.2, 0) is 10.0 Å². The zero-order chi connectivity index (χ0) is 11.8. The fourth-order valence-electron chi connectivity index (χ4n) is 1.69. The van der Waals surface area contributed by atoms with E-state index < -0.39 is 10.0 Å². The molecule has 1 aromatic rings. The van der Waals surface area contributed by atoms with Gasteiger partial charge < -0.3 is 5.11 Å². The number of nitrogens with two attached hydrogens (primary N) is 1. The van der Waals surface area contributed by atoms with E-state index in [4.69, 9.17) is 5.14 Å². The van der Waals surface area contributed by atoms with Gasteiger partial charge in [-0.05, 0) is 37.0 Å². The normalized spacial score (nSPS) is 21.9. The molecular weight excluding hydrogens is 246 g/mol. The third-order valence-corrected chi connectivity index (χ3v) is 5.16. The number of hydrogen-bond acceptors (Lipinski definition) is 4. The Morgan fingerprint density at radius 3 is 2.69 bits per heavy atom. The fourth-order valence-corrected chi connectivity index (χ4v) is 3.49. The summed E-state index contributed by atoms with van der Waals surface area (Å²) < 4.78 is 22.4. The number of aliphatic hydroxyl groups excluding tert-OH is 1.